The van der Waals surface area contributed by atoms with Crippen LogP contribution < -0.4 is 0 Å². The second kappa shape index (κ2) is 9.34. The molecule has 0 saturated carbocycles. The van der Waals surface area contributed by atoms with Gasteiger partial charge in [-0.2, -0.15) is 5.26 Å². The maximum atomic E-state index is 10.5. The van der Waals surface area contributed by atoms with E-state index in [1.807, 2.05) is 24.3 Å². The molecular formula is C42H25N3O. The summed E-state index contributed by atoms with van der Waals surface area (Å²) in [4.78, 5) is 0. The first-order chi connectivity index (χ1) is 22.8. The standard InChI is InChI=1S/C42H25N3O/c43-25-27-10-9-15-29(26-20-21-28(22-26)44-36-16-5-1-11-30(36)31-12-2-6-17-37(31)44)42(27)45-38-18-7-3-13-32(38)34-24-41-35(23-39(34)45)33-14-4-8-19-40(33)46-41/h1-19,21-24H,20H2. The van der Waals surface area contributed by atoms with Gasteiger partial charge in [-0.25, -0.2) is 0 Å². The lowest BCUT2D eigenvalue weighted by Crippen LogP contribution is -2.02. The minimum absolute atomic E-state index is 0.642. The van der Waals surface area contributed by atoms with Crippen molar-refractivity contribution >= 4 is 76.8 Å². The van der Waals surface area contributed by atoms with Crippen LogP contribution in [-0.4, -0.2) is 9.13 Å². The molecule has 0 bridgehead atoms. The van der Waals surface area contributed by atoms with Crippen LogP contribution in [0.15, 0.2) is 144 Å². The van der Waals surface area contributed by atoms with Gasteiger partial charge >= 0.3 is 0 Å². The summed E-state index contributed by atoms with van der Waals surface area (Å²) in [7, 11) is 0. The normalized spacial score (nSPS) is 13.4. The lowest BCUT2D eigenvalue weighted by molar-refractivity contribution is 0.669. The first kappa shape index (κ1) is 25.1. The van der Waals surface area contributed by atoms with Crippen LogP contribution in [0.2, 0.25) is 0 Å². The van der Waals surface area contributed by atoms with E-state index in [1.54, 1.807) is 0 Å². The fourth-order valence-electron chi connectivity index (χ4n) is 7.62. The van der Waals surface area contributed by atoms with Gasteiger partial charge in [0.2, 0.25) is 0 Å². The van der Waals surface area contributed by atoms with Crippen molar-refractivity contribution in [3.8, 4) is 11.8 Å². The van der Waals surface area contributed by atoms with Crippen molar-refractivity contribution in [2.24, 2.45) is 0 Å². The fourth-order valence-corrected chi connectivity index (χ4v) is 7.62. The van der Waals surface area contributed by atoms with Crippen LogP contribution in [0.3, 0.4) is 0 Å². The molecule has 0 unspecified atom stereocenters. The number of furan rings is 1. The number of aromatic nitrogens is 2. The molecule has 3 heterocycles. The largest absolute Gasteiger partial charge is 0.456 e. The van der Waals surface area contributed by atoms with E-state index >= 15 is 0 Å². The third-order valence-corrected chi connectivity index (χ3v) is 9.59. The molecule has 0 radical (unpaired) electrons. The molecule has 1 aliphatic carbocycles. The van der Waals surface area contributed by atoms with Crippen molar-refractivity contribution < 1.29 is 4.42 Å². The molecule has 46 heavy (non-hydrogen) atoms. The molecule has 1 aliphatic rings. The number of allylic oxidation sites excluding steroid dienone is 4. The molecule has 4 nitrogen and oxygen atoms in total. The summed E-state index contributed by atoms with van der Waals surface area (Å²) in [6.45, 7) is 0. The maximum Gasteiger partial charge on any atom is 0.136 e. The molecule has 6 aromatic carbocycles. The Kier molecular flexibility index (Phi) is 5.09. The number of nitrogens with zero attached hydrogens (tertiary/aromatic N) is 3. The second-order valence-corrected chi connectivity index (χ2v) is 12.0. The molecular weight excluding hydrogens is 562 g/mol. The van der Waals surface area contributed by atoms with E-state index in [0.29, 0.717) is 5.56 Å². The van der Waals surface area contributed by atoms with E-state index in [4.69, 9.17) is 4.42 Å². The van der Waals surface area contributed by atoms with Gasteiger partial charge in [-0.1, -0.05) is 91.0 Å². The number of para-hydroxylation sites is 5. The summed E-state index contributed by atoms with van der Waals surface area (Å²) in [5, 5.41) is 17.4. The summed E-state index contributed by atoms with van der Waals surface area (Å²) in [5.41, 5.74) is 11.2. The zero-order valence-electron chi connectivity index (χ0n) is 24.7. The second-order valence-electron chi connectivity index (χ2n) is 12.0. The number of hydrogen-bond acceptors (Lipinski definition) is 2. The Morgan fingerprint density at radius 1 is 0.543 bits per heavy atom. The third kappa shape index (κ3) is 3.37. The van der Waals surface area contributed by atoms with Crippen molar-refractivity contribution in [3.63, 3.8) is 0 Å². The van der Waals surface area contributed by atoms with Gasteiger partial charge in [0.05, 0.1) is 33.3 Å². The van der Waals surface area contributed by atoms with E-state index in [-0.39, 0.29) is 0 Å². The Morgan fingerprint density at radius 2 is 1.17 bits per heavy atom. The fraction of sp³-hybridized carbons (Fsp3) is 0.0238. The van der Waals surface area contributed by atoms with E-state index in [0.717, 1.165) is 67.1 Å². The number of nitriles is 1. The van der Waals surface area contributed by atoms with Gasteiger partial charge in [-0.15, -0.1) is 0 Å². The van der Waals surface area contributed by atoms with Gasteiger partial charge in [0.1, 0.15) is 17.2 Å². The predicted octanol–water partition coefficient (Wildman–Crippen LogP) is 11.0. The van der Waals surface area contributed by atoms with E-state index in [1.165, 1.54) is 27.4 Å². The summed E-state index contributed by atoms with van der Waals surface area (Å²) in [6, 6.07) is 46.9. The molecule has 0 atom stereocenters. The summed E-state index contributed by atoms with van der Waals surface area (Å²) < 4.78 is 11.0. The smallest absolute Gasteiger partial charge is 0.136 e. The Balaban J connectivity index is 1.24. The lowest BCUT2D eigenvalue weighted by Gasteiger charge is -2.16. The van der Waals surface area contributed by atoms with Crippen molar-refractivity contribution in [1.82, 2.24) is 9.13 Å². The molecule has 9 aromatic rings. The average molecular weight is 588 g/mol. The van der Waals surface area contributed by atoms with Crippen LogP contribution in [0.5, 0.6) is 0 Å². The van der Waals surface area contributed by atoms with Crippen LogP contribution in [0.1, 0.15) is 17.5 Å². The number of hydrogen-bond donors (Lipinski definition) is 0. The molecule has 0 N–H and O–H groups in total. The van der Waals surface area contributed by atoms with Crippen LogP contribution in [0.25, 0.3) is 82.5 Å². The van der Waals surface area contributed by atoms with Crippen LogP contribution >= 0.6 is 0 Å². The van der Waals surface area contributed by atoms with Gasteiger partial charge in [0, 0.05) is 43.6 Å². The minimum Gasteiger partial charge on any atom is -0.456 e. The van der Waals surface area contributed by atoms with Gasteiger partial charge in [0.15, 0.2) is 0 Å². The summed E-state index contributed by atoms with van der Waals surface area (Å²) in [6.07, 6.45) is 5.38. The Hall–Kier alpha value is -6.31. The monoisotopic (exact) mass is 587 g/mol. The van der Waals surface area contributed by atoms with E-state index in [2.05, 4.69) is 130 Å². The quantitative estimate of drug-likeness (QED) is 0.206. The average Bonchev–Trinajstić information content (AvgIpc) is 3.88. The van der Waals surface area contributed by atoms with E-state index < -0.39 is 0 Å². The van der Waals surface area contributed by atoms with Crippen LogP contribution in [-0.2, 0) is 0 Å². The molecule has 3 aromatic heterocycles. The molecule has 10 rings (SSSR count). The predicted molar refractivity (Wildman–Crippen MR) is 189 cm³/mol. The van der Waals surface area contributed by atoms with Crippen molar-refractivity contribution in [1.29, 1.82) is 5.26 Å². The molecule has 0 amide bonds. The van der Waals surface area contributed by atoms with Gasteiger partial charge in [-0.05, 0) is 60.5 Å². The SMILES string of the molecule is N#Cc1cccc(C2=CC(n3c4ccccc4c4ccccc43)=CC2)c1-n1c2ccccc2c2cc3oc4ccccc4c3cc21. The molecule has 0 saturated heterocycles. The zero-order valence-corrected chi connectivity index (χ0v) is 24.7. The molecule has 214 valence electrons. The number of fused-ring (bicyclic) bond motifs is 9. The van der Waals surface area contributed by atoms with Crippen LogP contribution in [0, 0.1) is 11.3 Å². The Labute approximate surface area is 263 Å². The third-order valence-electron chi connectivity index (χ3n) is 9.59. The zero-order chi connectivity index (χ0) is 30.4. The van der Waals surface area contributed by atoms with Crippen molar-refractivity contribution in [2.75, 3.05) is 0 Å². The van der Waals surface area contributed by atoms with Gasteiger partial charge < -0.3 is 13.6 Å². The first-order valence-electron chi connectivity index (χ1n) is 15.6. The van der Waals surface area contributed by atoms with Gasteiger partial charge in [-0.3, -0.25) is 0 Å². The van der Waals surface area contributed by atoms with Crippen molar-refractivity contribution in [2.45, 2.75) is 6.42 Å². The highest BCUT2D eigenvalue weighted by Gasteiger charge is 2.23. The molecule has 4 heteroatoms. The van der Waals surface area contributed by atoms with Crippen LogP contribution in [0.4, 0.5) is 0 Å². The highest BCUT2D eigenvalue weighted by molar-refractivity contribution is 6.17. The Morgan fingerprint density at radius 3 is 1.89 bits per heavy atom. The molecule has 0 spiro atoms. The highest BCUT2D eigenvalue weighted by Crippen LogP contribution is 2.43. The summed E-state index contributed by atoms with van der Waals surface area (Å²) >= 11 is 0. The number of rotatable bonds is 3. The van der Waals surface area contributed by atoms with Crippen molar-refractivity contribution in [3.05, 3.63) is 151 Å². The highest BCUT2D eigenvalue weighted by atomic mass is 16.3. The number of benzene rings is 6. The molecule has 0 aliphatic heterocycles. The first-order valence-corrected chi connectivity index (χ1v) is 15.6. The lowest BCUT2D eigenvalue weighted by atomic mass is 9.99. The van der Waals surface area contributed by atoms with Gasteiger partial charge in [0.25, 0.3) is 0 Å². The topological polar surface area (TPSA) is 46.8 Å². The van der Waals surface area contributed by atoms with E-state index in [9.17, 15) is 5.26 Å². The molecule has 0 fully saturated rings. The minimum atomic E-state index is 0.642. The Bertz CT molecular complexity index is 2790. The maximum absolute atomic E-state index is 10.5. The summed E-state index contributed by atoms with van der Waals surface area (Å²) in [5.74, 6) is 0.